The third-order valence-corrected chi connectivity index (χ3v) is 3.46. The van der Waals surface area contributed by atoms with Crippen molar-refractivity contribution in [3.8, 4) is 28.9 Å². The lowest BCUT2D eigenvalue weighted by Gasteiger charge is -2.08. The van der Waals surface area contributed by atoms with Gasteiger partial charge in [-0.3, -0.25) is 0 Å². The molecule has 0 saturated carbocycles. The molecule has 0 fully saturated rings. The Hall–Kier alpha value is -2.96. The van der Waals surface area contributed by atoms with Crippen LogP contribution in [0.5, 0.6) is 6.01 Å². The van der Waals surface area contributed by atoms with Crippen molar-refractivity contribution in [1.29, 1.82) is 0 Å². The van der Waals surface area contributed by atoms with E-state index in [2.05, 4.69) is 40.0 Å². The molecule has 0 bridgehead atoms. The van der Waals surface area contributed by atoms with Crippen LogP contribution < -0.4 is 10.5 Å². The van der Waals surface area contributed by atoms with Gasteiger partial charge < -0.3 is 15.0 Å². The molecule has 118 valence electrons. The molecule has 3 aromatic rings. The predicted molar refractivity (Wildman–Crippen MR) is 85.8 cm³/mol. The predicted octanol–water partition coefficient (Wildman–Crippen LogP) is 2.91. The number of nitrogens with zero attached hydrogens (tertiary/aromatic N) is 4. The van der Waals surface area contributed by atoms with Crippen molar-refractivity contribution in [3.05, 3.63) is 36.0 Å². The Morgan fingerprint density at radius 2 is 1.91 bits per heavy atom. The maximum Gasteiger partial charge on any atom is 0.318 e. The van der Waals surface area contributed by atoms with E-state index in [1.807, 2.05) is 18.2 Å². The fourth-order valence-electron chi connectivity index (χ4n) is 2.29. The molecule has 23 heavy (non-hydrogen) atoms. The zero-order valence-corrected chi connectivity index (χ0v) is 13.1. The quantitative estimate of drug-likeness (QED) is 0.790. The van der Waals surface area contributed by atoms with E-state index in [0.29, 0.717) is 23.2 Å². The van der Waals surface area contributed by atoms with Crippen LogP contribution in [0.25, 0.3) is 22.8 Å². The fraction of sp³-hybridized carbons (Fsp3) is 0.250. The minimum absolute atomic E-state index is 0.195. The molecular formula is C16H17N5O2. The van der Waals surface area contributed by atoms with Crippen LogP contribution in [0.3, 0.4) is 0 Å². The van der Waals surface area contributed by atoms with Crippen molar-refractivity contribution in [2.75, 3.05) is 12.8 Å². The van der Waals surface area contributed by atoms with E-state index >= 15 is 0 Å². The van der Waals surface area contributed by atoms with Crippen molar-refractivity contribution in [3.63, 3.8) is 0 Å². The molecule has 0 atom stereocenters. The minimum Gasteiger partial charge on any atom is -0.467 e. The van der Waals surface area contributed by atoms with Gasteiger partial charge in [0.1, 0.15) is 5.82 Å². The topological polar surface area (TPSA) is 100.0 Å². The zero-order valence-electron chi connectivity index (χ0n) is 13.1. The molecule has 0 aliphatic rings. The maximum absolute atomic E-state index is 5.90. The number of benzene rings is 1. The number of nitrogens with two attached hydrogens (primary N) is 1. The Bertz CT molecular complexity index is 829. The molecule has 1 aromatic carbocycles. The van der Waals surface area contributed by atoms with Gasteiger partial charge in [0, 0.05) is 11.8 Å². The van der Waals surface area contributed by atoms with E-state index in [1.54, 1.807) is 0 Å². The van der Waals surface area contributed by atoms with Gasteiger partial charge in [-0.25, -0.2) is 4.98 Å². The normalized spacial score (nSPS) is 11.0. The maximum atomic E-state index is 5.90. The van der Waals surface area contributed by atoms with Crippen LogP contribution in [0.4, 0.5) is 5.82 Å². The summed E-state index contributed by atoms with van der Waals surface area (Å²) in [6.07, 6.45) is 1.52. The van der Waals surface area contributed by atoms with Gasteiger partial charge in [0.15, 0.2) is 0 Å². The molecule has 0 spiro atoms. The Labute approximate surface area is 133 Å². The molecule has 0 unspecified atom stereocenters. The lowest BCUT2D eigenvalue weighted by molar-refractivity contribution is 0.380. The second-order valence-electron chi connectivity index (χ2n) is 5.32. The number of anilines is 1. The molecule has 0 aliphatic carbocycles. The van der Waals surface area contributed by atoms with Crippen molar-refractivity contribution in [1.82, 2.24) is 20.1 Å². The highest BCUT2D eigenvalue weighted by molar-refractivity contribution is 5.69. The van der Waals surface area contributed by atoms with Crippen LogP contribution in [0.15, 0.2) is 35.0 Å². The average molecular weight is 311 g/mol. The number of methoxy groups -OCH3 is 1. The first-order valence-electron chi connectivity index (χ1n) is 7.20. The van der Waals surface area contributed by atoms with Crippen LogP contribution in [-0.4, -0.2) is 27.2 Å². The molecule has 7 heteroatoms. The van der Waals surface area contributed by atoms with Crippen LogP contribution in [0.1, 0.15) is 25.3 Å². The van der Waals surface area contributed by atoms with Crippen LogP contribution in [0, 0.1) is 0 Å². The van der Waals surface area contributed by atoms with Gasteiger partial charge in [-0.1, -0.05) is 37.2 Å². The second-order valence-corrected chi connectivity index (χ2v) is 5.32. The fourth-order valence-corrected chi connectivity index (χ4v) is 2.29. The first-order chi connectivity index (χ1) is 11.1. The van der Waals surface area contributed by atoms with E-state index in [9.17, 15) is 0 Å². The highest BCUT2D eigenvalue weighted by Gasteiger charge is 2.17. The third-order valence-electron chi connectivity index (χ3n) is 3.46. The molecule has 2 aromatic heterocycles. The number of hydrogen-bond acceptors (Lipinski definition) is 7. The number of ether oxygens (including phenoxy) is 1. The first kappa shape index (κ1) is 15.0. The van der Waals surface area contributed by atoms with E-state index in [0.717, 1.165) is 11.1 Å². The van der Waals surface area contributed by atoms with Crippen molar-refractivity contribution in [2.45, 2.75) is 19.8 Å². The average Bonchev–Trinajstić information content (AvgIpc) is 3.04. The summed E-state index contributed by atoms with van der Waals surface area (Å²) in [5.74, 6) is 1.37. The molecule has 0 amide bonds. The van der Waals surface area contributed by atoms with Crippen LogP contribution in [0.2, 0.25) is 0 Å². The molecule has 2 N–H and O–H groups in total. The number of nitrogen functional groups attached to an aromatic ring is 1. The van der Waals surface area contributed by atoms with Crippen molar-refractivity contribution < 1.29 is 9.26 Å². The summed E-state index contributed by atoms with van der Waals surface area (Å²) in [5, 5.41) is 3.99. The first-order valence-corrected chi connectivity index (χ1v) is 7.20. The summed E-state index contributed by atoms with van der Waals surface area (Å²) >= 11 is 0. The molecule has 0 radical (unpaired) electrons. The Morgan fingerprint density at radius 3 is 2.61 bits per heavy atom. The number of rotatable bonds is 4. The summed E-state index contributed by atoms with van der Waals surface area (Å²) in [7, 11) is 1.48. The monoisotopic (exact) mass is 311 g/mol. The Morgan fingerprint density at radius 1 is 1.13 bits per heavy atom. The van der Waals surface area contributed by atoms with E-state index in [4.69, 9.17) is 15.0 Å². The van der Waals surface area contributed by atoms with Gasteiger partial charge in [0.05, 0.1) is 12.7 Å². The van der Waals surface area contributed by atoms with Crippen LogP contribution >= 0.6 is 0 Å². The van der Waals surface area contributed by atoms with Gasteiger partial charge in [-0.2, -0.15) is 9.97 Å². The Kier molecular flexibility index (Phi) is 3.92. The lowest BCUT2D eigenvalue weighted by atomic mass is 9.97. The summed E-state index contributed by atoms with van der Waals surface area (Å²) in [6.45, 7) is 4.23. The summed E-state index contributed by atoms with van der Waals surface area (Å²) in [4.78, 5) is 12.5. The van der Waals surface area contributed by atoms with Gasteiger partial charge in [-0.05, 0) is 17.5 Å². The molecular weight excluding hydrogens is 294 g/mol. The van der Waals surface area contributed by atoms with Gasteiger partial charge >= 0.3 is 6.01 Å². The lowest BCUT2D eigenvalue weighted by Crippen LogP contribution is -2.00. The van der Waals surface area contributed by atoms with E-state index < -0.39 is 0 Å². The van der Waals surface area contributed by atoms with Gasteiger partial charge in [0.2, 0.25) is 5.82 Å². The van der Waals surface area contributed by atoms with Gasteiger partial charge in [0.25, 0.3) is 5.89 Å². The Balaban J connectivity index is 2.02. The molecule has 2 heterocycles. The van der Waals surface area contributed by atoms with E-state index in [-0.39, 0.29) is 11.8 Å². The third kappa shape index (κ3) is 2.85. The van der Waals surface area contributed by atoms with Gasteiger partial charge in [-0.15, -0.1) is 0 Å². The van der Waals surface area contributed by atoms with Crippen LogP contribution in [-0.2, 0) is 0 Å². The molecule has 0 saturated heterocycles. The van der Waals surface area contributed by atoms with E-state index in [1.165, 1.54) is 13.3 Å². The van der Waals surface area contributed by atoms with Crippen molar-refractivity contribution >= 4 is 5.82 Å². The SMILES string of the molecule is COc1ncc(-c2noc(-c3ccccc3C(C)C)n2)c(N)n1. The van der Waals surface area contributed by atoms with Crippen molar-refractivity contribution in [2.24, 2.45) is 0 Å². The smallest absolute Gasteiger partial charge is 0.318 e. The zero-order chi connectivity index (χ0) is 16.4. The summed E-state index contributed by atoms with van der Waals surface area (Å²) in [6, 6.07) is 8.14. The highest BCUT2D eigenvalue weighted by Crippen LogP contribution is 2.30. The second kappa shape index (κ2) is 6.04. The molecule has 7 nitrogen and oxygen atoms in total. The standard InChI is InChI=1S/C16H17N5O2/c1-9(2)10-6-4-5-7-11(10)15-20-14(21-23-15)12-8-18-16(22-3)19-13(12)17/h4-9H,1-3H3,(H2,17,18,19). The molecule has 0 aliphatic heterocycles. The molecule has 3 rings (SSSR count). The minimum atomic E-state index is 0.195. The number of aromatic nitrogens is 4. The summed E-state index contributed by atoms with van der Waals surface area (Å²) < 4.78 is 10.3. The highest BCUT2D eigenvalue weighted by atomic mass is 16.5. The number of hydrogen-bond donors (Lipinski definition) is 1. The largest absolute Gasteiger partial charge is 0.467 e. The summed E-state index contributed by atoms with van der Waals surface area (Å²) in [5.41, 5.74) is 8.46.